The number of fused-ring (bicyclic) bond motifs is 3. The van der Waals surface area contributed by atoms with Crippen LogP contribution in [0, 0.1) is 17.5 Å². The highest BCUT2D eigenvalue weighted by Gasteiger charge is 2.38. The average molecular weight is 392 g/mol. The van der Waals surface area contributed by atoms with Crippen molar-refractivity contribution in [2.45, 2.75) is 25.9 Å². The standard InChI is InChI=1S/C22H14F6/c1-2-11-3-4-15-12(5-11)6-13-7-17(18(23)10-16(13)15)14-8-19(24)21(20(25)9-14)22(26,27)28/h3-5,7-10H,2,6H2,1H3. The zero-order valence-electron chi connectivity index (χ0n) is 14.7. The summed E-state index contributed by atoms with van der Waals surface area (Å²) in [4.78, 5) is 0. The maximum absolute atomic E-state index is 14.7. The minimum absolute atomic E-state index is 0.131. The van der Waals surface area contributed by atoms with Gasteiger partial charge in [-0.2, -0.15) is 13.2 Å². The number of hydrogen-bond acceptors (Lipinski definition) is 0. The van der Waals surface area contributed by atoms with Gasteiger partial charge in [-0.25, -0.2) is 13.2 Å². The molecule has 0 heterocycles. The van der Waals surface area contributed by atoms with Gasteiger partial charge >= 0.3 is 6.18 Å². The molecule has 28 heavy (non-hydrogen) atoms. The third kappa shape index (κ3) is 2.97. The summed E-state index contributed by atoms with van der Waals surface area (Å²) in [5, 5.41) is 0. The summed E-state index contributed by atoms with van der Waals surface area (Å²) in [6.07, 6.45) is -3.79. The van der Waals surface area contributed by atoms with Crippen molar-refractivity contribution in [2.75, 3.05) is 0 Å². The lowest BCUT2D eigenvalue weighted by Crippen LogP contribution is -2.11. The molecule has 1 aliphatic rings. The fourth-order valence-corrected chi connectivity index (χ4v) is 3.72. The SMILES string of the molecule is CCc1ccc2c(c1)Cc1cc(-c3cc(F)c(C(F)(F)F)c(F)c3)c(F)cc1-2. The largest absolute Gasteiger partial charge is 0.422 e. The second-order valence-corrected chi connectivity index (χ2v) is 6.82. The third-order valence-corrected chi connectivity index (χ3v) is 5.08. The highest BCUT2D eigenvalue weighted by atomic mass is 19.4. The molecule has 0 unspecified atom stereocenters. The second-order valence-electron chi connectivity index (χ2n) is 6.82. The average Bonchev–Trinajstić information content (AvgIpc) is 2.95. The number of halogens is 6. The topological polar surface area (TPSA) is 0 Å². The van der Waals surface area contributed by atoms with E-state index in [-0.39, 0.29) is 11.1 Å². The van der Waals surface area contributed by atoms with Crippen molar-refractivity contribution in [3.63, 3.8) is 0 Å². The molecule has 4 rings (SSSR count). The molecular formula is C22H14F6. The smallest absolute Gasteiger partial charge is 0.206 e. The lowest BCUT2D eigenvalue weighted by atomic mass is 9.97. The first-order valence-corrected chi connectivity index (χ1v) is 8.70. The zero-order chi connectivity index (χ0) is 20.2. The molecule has 6 heteroatoms. The van der Waals surface area contributed by atoms with Crippen molar-refractivity contribution in [1.82, 2.24) is 0 Å². The number of aryl methyl sites for hydroxylation is 1. The van der Waals surface area contributed by atoms with Crippen LogP contribution in [0.15, 0.2) is 42.5 Å². The number of benzene rings is 3. The van der Waals surface area contributed by atoms with Crippen LogP contribution in [-0.2, 0) is 19.0 Å². The monoisotopic (exact) mass is 392 g/mol. The van der Waals surface area contributed by atoms with E-state index in [9.17, 15) is 26.3 Å². The quantitative estimate of drug-likeness (QED) is 0.325. The van der Waals surface area contributed by atoms with Crippen molar-refractivity contribution in [3.05, 3.63) is 82.2 Å². The van der Waals surface area contributed by atoms with Gasteiger partial charge in [0.05, 0.1) is 0 Å². The Kier molecular flexibility index (Phi) is 4.25. The van der Waals surface area contributed by atoms with E-state index in [2.05, 4.69) is 0 Å². The van der Waals surface area contributed by atoms with Crippen LogP contribution in [-0.4, -0.2) is 0 Å². The molecule has 0 aliphatic heterocycles. The van der Waals surface area contributed by atoms with E-state index >= 15 is 0 Å². The van der Waals surface area contributed by atoms with Crippen LogP contribution in [0.25, 0.3) is 22.3 Å². The van der Waals surface area contributed by atoms with Crippen molar-refractivity contribution in [3.8, 4) is 22.3 Å². The Hall–Kier alpha value is -2.76. The van der Waals surface area contributed by atoms with Gasteiger partial charge < -0.3 is 0 Å². The summed E-state index contributed by atoms with van der Waals surface area (Å²) >= 11 is 0. The molecule has 1 aliphatic carbocycles. The first-order valence-electron chi connectivity index (χ1n) is 8.70. The Morgan fingerprint density at radius 2 is 1.39 bits per heavy atom. The number of hydrogen-bond donors (Lipinski definition) is 0. The summed E-state index contributed by atoms with van der Waals surface area (Å²) in [7, 11) is 0. The van der Waals surface area contributed by atoms with Crippen LogP contribution in [0.1, 0.15) is 29.2 Å². The van der Waals surface area contributed by atoms with Gasteiger partial charge in [0.15, 0.2) is 0 Å². The highest BCUT2D eigenvalue weighted by molar-refractivity contribution is 5.81. The molecule has 0 bridgehead atoms. The molecule has 3 aromatic rings. The van der Waals surface area contributed by atoms with Gasteiger partial charge in [-0.1, -0.05) is 25.1 Å². The van der Waals surface area contributed by atoms with Crippen molar-refractivity contribution in [2.24, 2.45) is 0 Å². The molecule has 3 aromatic carbocycles. The highest BCUT2D eigenvalue weighted by Crippen LogP contribution is 2.41. The Balaban J connectivity index is 1.81. The third-order valence-electron chi connectivity index (χ3n) is 5.08. The van der Waals surface area contributed by atoms with Crippen LogP contribution < -0.4 is 0 Å². The van der Waals surface area contributed by atoms with Crippen LogP contribution in [0.5, 0.6) is 0 Å². The predicted molar refractivity (Wildman–Crippen MR) is 94.4 cm³/mol. The lowest BCUT2D eigenvalue weighted by Gasteiger charge is -2.13. The number of alkyl halides is 3. The van der Waals surface area contributed by atoms with E-state index in [1.165, 1.54) is 12.1 Å². The van der Waals surface area contributed by atoms with Gasteiger partial charge in [-0.05, 0) is 70.5 Å². The van der Waals surface area contributed by atoms with E-state index in [0.29, 0.717) is 24.1 Å². The maximum Gasteiger partial charge on any atom is 0.422 e. The van der Waals surface area contributed by atoms with Crippen LogP contribution in [0.3, 0.4) is 0 Å². The Morgan fingerprint density at radius 1 is 0.750 bits per heavy atom. The fraction of sp³-hybridized carbons (Fsp3) is 0.182. The van der Waals surface area contributed by atoms with E-state index in [1.54, 1.807) is 0 Å². The van der Waals surface area contributed by atoms with Crippen LogP contribution in [0.4, 0.5) is 26.3 Å². The molecule has 0 N–H and O–H groups in total. The molecular weight excluding hydrogens is 378 g/mol. The van der Waals surface area contributed by atoms with E-state index in [4.69, 9.17) is 0 Å². The van der Waals surface area contributed by atoms with Gasteiger partial charge in [0.25, 0.3) is 0 Å². The molecule has 0 fully saturated rings. The van der Waals surface area contributed by atoms with Gasteiger partial charge in [0.2, 0.25) is 0 Å². The molecule has 0 aromatic heterocycles. The second kappa shape index (κ2) is 6.40. The Labute approximate surface area is 157 Å². The lowest BCUT2D eigenvalue weighted by molar-refractivity contribution is -0.142. The summed E-state index contributed by atoms with van der Waals surface area (Å²) < 4.78 is 80.8. The van der Waals surface area contributed by atoms with Crippen molar-refractivity contribution >= 4 is 0 Å². The molecule has 0 atom stereocenters. The molecule has 0 amide bonds. The Morgan fingerprint density at radius 3 is 2.00 bits per heavy atom. The minimum Gasteiger partial charge on any atom is -0.206 e. The fourth-order valence-electron chi connectivity index (χ4n) is 3.72. The molecule has 0 saturated heterocycles. The molecule has 0 nitrogen and oxygen atoms in total. The van der Waals surface area contributed by atoms with Gasteiger partial charge in [0.1, 0.15) is 23.0 Å². The molecule has 0 radical (unpaired) electrons. The van der Waals surface area contributed by atoms with Crippen molar-refractivity contribution in [1.29, 1.82) is 0 Å². The summed E-state index contributed by atoms with van der Waals surface area (Å²) in [5.74, 6) is -4.28. The Bertz CT molecular complexity index is 1070. The van der Waals surface area contributed by atoms with Gasteiger partial charge in [-0.15, -0.1) is 0 Å². The first kappa shape index (κ1) is 18.6. The maximum atomic E-state index is 14.7. The van der Waals surface area contributed by atoms with Gasteiger partial charge in [0, 0.05) is 5.56 Å². The van der Waals surface area contributed by atoms with Crippen LogP contribution >= 0.6 is 0 Å². The predicted octanol–water partition coefficient (Wildman–Crippen LogP) is 6.92. The van der Waals surface area contributed by atoms with E-state index in [1.807, 2.05) is 25.1 Å². The summed E-state index contributed by atoms with van der Waals surface area (Å²) in [6, 6.07) is 9.68. The normalized spacial score (nSPS) is 12.8. The van der Waals surface area contributed by atoms with E-state index < -0.39 is 29.2 Å². The molecule has 0 spiro atoms. The summed E-state index contributed by atoms with van der Waals surface area (Å²) in [5.41, 5.74) is 2.13. The minimum atomic E-state index is -5.16. The van der Waals surface area contributed by atoms with E-state index in [0.717, 1.165) is 28.7 Å². The van der Waals surface area contributed by atoms with Crippen molar-refractivity contribution < 1.29 is 26.3 Å². The molecule has 144 valence electrons. The molecule has 0 saturated carbocycles. The zero-order valence-corrected chi connectivity index (χ0v) is 14.7. The number of rotatable bonds is 2. The van der Waals surface area contributed by atoms with Crippen LogP contribution in [0.2, 0.25) is 0 Å². The first-order chi connectivity index (χ1) is 13.2. The van der Waals surface area contributed by atoms with Gasteiger partial charge in [-0.3, -0.25) is 0 Å². The summed E-state index contributed by atoms with van der Waals surface area (Å²) in [6.45, 7) is 2.02.